The number of amides is 3. The highest BCUT2D eigenvalue weighted by atomic mass is 32.2. The van der Waals surface area contributed by atoms with Crippen LogP contribution in [-0.4, -0.2) is 81.5 Å². The van der Waals surface area contributed by atoms with E-state index in [1.807, 2.05) is 70.2 Å². The molecule has 4 aliphatic rings. The Kier molecular flexibility index (Phi) is 6.77. The van der Waals surface area contributed by atoms with E-state index in [2.05, 4.69) is 0 Å². The van der Waals surface area contributed by atoms with E-state index in [4.69, 9.17) is 0 Å². The zero-order chi connectivity index (χ0) is 26.6. The summed E-state index contributed by atoms with van der Waals surface area (Å²) in [5.74, 6) is -1.62. The largest absolute Gasteiger partial charge is 0.394 e. The van der Waals surface area contributed by atoms with Crippen LogP contribution in [0.25, 0.3) is 0 Å². The third kappa shape index (κ3) is 3.86. The number of benzene rings is 1. The molecule has 0 bridgehead atoms. The zero-order valence-corrected chi connectivity index (χ0v) is 23.1. The Morgan fingerprint density at radius 2 is 1.86 bits per heavy atom. The summed E-state index contributed by atoms with van der Waals surface area (Å²) < 4.78 is -0.880. The first-order valence-electron chi connectivity index (χ1n) is 13.2. The highest BCUT2D eigenvalue weighted by molar-refractivity contribution is 8.02. The SMILES string of the molecule is CC[C@H](C)[C@H](CO)N1C(=O)[C@@H]2[C@H]3C(=O)N(C)CC=C[C@H]3S[C@@]23C=CCN(c2cc(C)ccc2C)C(=O)C13. The Bertz CT molecular complexity index is 1180. The molecule has 4 aliphatic heterocycles. The van der Waals surface area contributed by atoms with Gasteiger partial charge in [-0.15, -0.1) is 11.8 Å². The lowest BCUT2D eigenvalue weighted by atomic mass is 9.78. The molecule has 2 fully saturated rings. The molecule has 4 heterocycles. The van der Waals surface area contributed by atoms with Crippen molar-refractivity contribution in [2.45, 2.75) is 56.2 Å². The fraction of sp³-hybridized carbons (Fsp3) is 0.552. The molecule has 2 saturated heterocycles. The van der Waals surface area contributed by atoms with Gasteiger partial charge in [0.1, 0.15) is 6.04 Å². The minimum atomic E-state index is -0.880. The minimum absolute atomic E-state index is 0.00721. The van der Waals surface area contributed by atoms with Crippen LogP contribution in [0.1, 0.15) is 31.4 Å². The van der Waals surface area contributed by atoms with Crippen LogP contribution < -0.4 is 4.90 Å². The molecule has 8 heteroatoms. The predicted molar refractivity (Wildman–Crippen MR) is 146 cm³/mol. The van der Waals surface area contributed by atoms with Gasteiger partial charge in [-0.25, -0.2) is 0 Å². The van der Waals surface area contributed by atoms with Crippen LogP contribution in [0, 0.1) is 31.6 Å². The van der Waals surface area contributed by atoms with Gasteiger partial charge in [0.05, 0.1) is 29.2 Å². The Morgan fingerprint density at radius 3 is 2.57 bits per heavy atom. The molecule has 0 saturated carbocycles. The number of likely N-dealkylation sites (tertiary alicyclic amines) is 1. The second-order valence-corrected chi connectivity index (χ2v) is 12.5. The molecule has 37 heavy (non-hydrogen) atoms. The third-order valence-electron chi connectivity index (χ3n) is 8.80. The smallest absolute Gasteiger partial charge is 0.251 e. The van der Waals surface area contributed by atoms with Crippen LogP contribution >= 0.6 is 11.8 Å². The van der Waals surface area contributed by atoms with Gasteiger partial charge >= 0.3 is 0 Å². The summed E-state index contributed by atoms with van der Waals surface area (Å²) in [5.41, 5.74) is 2.87. The molecule has 1 aromatic carbocycles. The maximum atomic E-state index is 14.6. The number of carbonyl (C=O) groups is 3. The molecule has 1 unspecified atom stereocenters. The standard InChI is InChI=1S/C29H37N3O4S/c1-6-18(3)21(16-33)32-25-28(36)31(20-15-17(2)10-11-19(20)4)14-8-12-29(25)24(27(32)35)23-22(37-29)9-7-13-30(5)26(23)34/h7-12,15,18,21-25,33H,6,13-14,16H2,1-5H3/t18-,21-,22+,23-,24-,25?,29-/m0/s1. The van der Waals surface area contributed by atoms with Crippen molar-refractivity contribution in [2.24, 2.45) is 17.8 Å². The quantitative estimate of drug-likeness (QED) is 0.601. The molecule has 7 nitrogen and oxygen atoms in total. The van der Waals surface area contributed by atoms with Gasteiger partial charge in [-0.05, 0) is 37.0 Å². The molecular formula is C29H37N3O4S. The van der Waals surface area contributed by atoms with Crippen LogP contribution in [0.2, 0.25) is 0 Å². The van der Waals surface area contributed by atoms with E-state index in [0.717, 1.165) is 23.2 Å². The molecule has 0 radical (unpaired) electrons. The number of nitrogens with zero attached hydrogens (tertiary/aromatic N) is 3. The molecule has 3 amide bonds. The Balaban J connectivity index is 1.69. The lowest BCUT2D eigenvalue weighted by Gasteiger charge is -2.40. The molecular weight excluding hydrogens is 486 g/mol. The number of fused-ring (bicyclic) bond motifs is 2. The number of hydrogen-bond acceptors (Lipinski definition) is 5. The van der Waals surface area contributed by atoms with E-state index in [1.165, 1.54) is 0 Å². The van der Waals surface area contributed by atoms with Crippen molar-refractivity contribution < 1.29 is 19.5 Å². The first kappa shape index (κ1) is 26.0. The molecule has 198 valence electrons. The summed E-state index contributed by atoms with van der Waals surface area (Å²) in [6, 6.07) is 4.75. The summed E-state index contributed by atoms with van der Waals surface area (Å²) in [5, 5.41) is 10.3. The van der Waals surface area contributed by atoms with E-state index in [0.29, 0.717) is 13.1 Å². The van der Waals surface area contributed by atoms with Crippen LogP contribution in [-0.2, 0) is 14.4 Å². The van der Waals surface area contributed by atoms with Crippen molar-refractivity contribution in [2.75, 3.05) is 31.6 Å². The molecule has 1 aromatic rings. The van der Waals surface area contributed by atoms with Crippen molar-refractivity contribution in [3.63, 3.8) is 0 Å². The highest BCUT2D eigenvalue weighted by Crippen LogP contribution is 2.61. The fourth-order valence-electron chi connectivity index (χ4n) is 6.60. The van der Waals surface area contributed by atoms with Crippen molar-refractivity contribution >= 4 is 35.2 Å². The summed E-state index contributed by atoms with van der Waals surface area (Å²) in [4.78, 5) is 47.7. The van der Waals surface area contributed by atoms with Crippen LogP contribution in [0.4, 0.5) is 5.69 Å². The van der Waals surface area contributed by atoms with Gasteiger partial charge in [0, 0.05) is 31.1 Å². The van der Waals surface area contributed by atoms with Gasteiger partial charge < -0.3 is 19.8 Å². The van der Waals surface area contributed by atoms with Gasteiger partial charge in [0.2, 0.25) is 11.8 Å². The molecule has 7 atom stereocenters. The van der Waals surface area contributed by atoms with Crippen molar-refractivity contribution in [1.82, 2.24) is 9.80 Å². The first-order valence-corrected chi connectivity index (χ1v) is 14.1. The van der Waals surface area contributed by atoms with Crippen LogP contribution in [0.3, 0.4) is 0 Å². The predicted octanol–water partition coefficient (Wildman–Crippen LogP) is 2.94. The first-order chi connectivity index (χ1) is 17.7. The molecule has 1 spiro atoms. The van der Waals surface area contributed by atoms with Crippen molar-refractivity contribution in [3.05, 3.63) is 53.6 Å². The molecule has 0 aromatic heterocycles. The molecule has 1 N–H and O–H groups in total. The van der Waals surface area contributed by atoms with Gasteiger partial charge in [-0.3, -0.25) is 14.4 Å². The van der Waals surface area contributed by atoms with Gasteiger partial charge in [0.25, 0.3) is 5.91 Å². The number of aliphatic hydroxyl groups excluding tert-OH is 1. The number of hydrogen-bond donors (Lipinski definition) is 1. The Hall–Kier alpha value is -2.58. The fourth-order valence-corrected chi connectivity index (χ4v) is 8.59. The number of carbonyl (C=O) groups excluding carboxylic acids is 3. The van der Waals surface area contributed by atoms with E-state index in [9.17, 15) is 19.5 Å². The lowest BCUT2D eigenvalue weighted by Crippen LogP contribution is -2.58. The normalized spacial score (nSPS) is 32.7. The Labute approximate surface area is 223 Å². The number of aryl methyl sites for hydroxylation is 2. The van der Waals surface area contributed by atoms with Gasteiger partial charge in [-0.2, -0.15) is 0 Å². The lowest BCUT2D eigenvalue weighted by molar-refractivity contribution is -0.145. The number of likely N-dealkylation sites (N-methyl/N-ethyl adjacent to an activating group) is 1. The molecule has 0 aliphatic carbocycles. The van der Waals surface area contributed by atoms with Gasteiger partial charge in [-0.1, -0.05) is 56.7 Å². The second-order valence-electron chi connectivity index (χ2n) is 11.0. The topological polar surface area (TPSA) is 81.2 Å². The maximum absolute atomic E-state index is 14.6. The third-order valence-corrected chi connectivity index (χ3v) is 10.5. The maximum Gasteiger partial charge on any atom is 0.251 e. The van der Waals surface area contributed by atoms with Crippen LogP contribution in [0.15, 0.2) is 42.5 Å². The number of rotatable bonds is 5. The zero-order valence-electron chi connectivity index (χ0n) is 22.3. The summed E-state index contributed by atoms with van der Waals surface area (Å²) in [6.45, 7) is 8.71. The number of aliphatic hydroxyl groups is 1. The van der Waals surface area contributed by atoms with E-state index in [1.54, 1.807) is 33.5 Å². The summed E-state index contributed by atoms with van der Waals surface area (Å²) in [6.07, 6.45) is 8.83. The monoisotopic (exact) mass is 523 g/mol. The molecule has 5 rings (SSSR count). The summed E-state index contributed by atoms with van der Waals surface area (Å²) >= 11 is 1.58. The summed E-state index contributed by atoms with van der Waals surface area (Å²) in [7, 11) is 1.77. The number of thioether (sulfide) groups is 1. The van der Waals surface area contributed by atoms with E-state index >= 15 is 0 Å². The average molecular weight is 524 g/mol. The minimum Gasteiger partial charge on any atom is -0.394 e. The Morgan fingerprint density at radius 1 is 1.11 bits per heavy atom. The van der Waals surface area contributed by atoms with Crippen molar-refractivity contribution in [3.8, 4) is 0 Å². The van der Waals surface area contributed by atoms with Crippen LogP contribution in [0.5, 0.6) is 0 Å². The number of anilines is 1. The average Bonchev–Trinajstić information content (AvgIpc) is 3.20. The second kappa shape index (κ2) is 9.62. The van der Waals surface area contributed by atoms with Crippen molar-refractivity contribution in [1.29, 1.82) is 0 Å². The van der Waals surface area contributed by atoms with Gasteiger partial charge in [0.15, 0.2) is 0 Å². The van der Waals surface area contributed by atoms with E-state index in [-0.39, 0.29) is 35.5 Å². The highest BCUT2D eigenvalue weighted by Gasteiger charge is 2.71. The van der Waals surface area contributed by atoms with E-state index < -0.39 is 28.7 Å².